The van der Waals surface area contributed by atoms with Crippen molar-refractivity contribution >= 4 is 11.7 Å². The van der Waals surface area contributed by atoms with Gasteiger partial charge in [-0.1, -0.05) is 24.3 Å². The molecule has 0 radical (unpaired) electrons. The molecule has 20 heavy (non-hydrogen) atoms. The van der Waals surface area contributed by atoms with Crippen molar-refractivity contribution in [2.45, 2.75) is 13.3 Å². The first-order valence-corrected chi connectivity index (χ1v) is 6.39. The SMILES string of the molecule is Cc1ccccc1CCNc1ccc(F)cc1C(=O)O. The van der Waals surface area contributed by atoms with Crippen LogP contribution in [0.15, 0.2) is 42.5 Å². The van der Waals surface area contributed by atoms with E-state index in [1.165, 1.54) is 23.3 Å². The third-order valence-electron chi connectivity index (χ3n) is 3.18. The Morgan fingerprint density at radius 3 is 2.70 bits per heavy atom. The molecule has 0 unspecified atom stereocenters. The second-order valence-electron chi connectivity index (χ2n) is 4.60. The van der Waals surface area contributed by atoms with Crippen LogP contribution in [0.4, 0.5) is 10.1 Å². The lowest BCUT2D eigenvalue weighted by Gasteiger charge is -2.10. The van der Waals surface area contributed by atoms with Crippen LogP contribution in [-0.4, -0.2) is 17.6 Å². The number of aromatic carboxylic acids is 1. The van der Waals surface area contributed by atoms with Crippen molar-refractivity contribution in [2.24, 2.45) is 0 Å². The molecule has 2 N–H and O–H groups in total. The lowest BCUT2D eigenvalue weighted by Crippen LogP contribution is -2.10. The zero-order valence-electron chi connectivity index (χ0n) is 11.2. The fraction of sp³-hybridized carbons (Fsp3) is 0.188. The Hall–Kier alpha value is -2.36. The Morgan fingerprint density at radius 2 is 2.00 bits per heavy atom. The van der Waals surface area contributed by atoms with Crippen LogP contribution in [0.1, 0.15) is 21.5 Å². The highest BCUT2D eigenvalue weighted by molar-refractivity contribution is 5.94. The van der Waals surface area contributed by atoms with E-state index in [1.807, 2.05) is 31.2 Å². The van der Waals surface area contributed by atoms with E-state index < -0.39 is 11.8 Å². The predicted molar refractivity (Wildman–Crippen MR) is 76.7 cm³/mol. The number of benzene rings is 2. The van der Waals surface area contributed by atoms with Crippen LogP contribution in [0, 0.1) is 12.7 Å². The highest BCUT2D eigenvalue weighted by atomic mass is 19.1. The number of carboxylic acids is 1. The molecule has 0 aliphatic carbocycles. The number of rotatable bonds is 5. The average Bonchev–Trinajstić information content (AvgIpc) is 2.42. The molecule has 0 bridgehead atoms. The fourth-order valence-corrected chi connectivity index (χ4v) is 2.07. The summed E-state index contributed by atoms with van der Waals surface area (Å²) >= 11 is 0. The quantitative estimate of drug-likeness (QED) is 0.876. The minimum atomic E-state index is -1.14. The van der Waals surface area contributed by atoms with Crippen LogP contribution in [0.2, 0.25) is 0 Å². The van der Waals surface area contributed by atoms with Gasteiger partial charge in [-0.05, 0) is 42.7 Å². The molecule has 0 fully saturated rings. The van der Waals surface area contributed by atoms with Crippen LogP contribution >= 0.6 is 0 Å². The number of hydrogen-bond donors (Lipinski definition) is 2. The molecule has 104 valence electrons. The standard InChI is InChI=1S/C16H16FNO2/c1-11-4-2-3-5-12(11)8-9-18-15-7-6-13(17)10-14(15)16(19)20/h2-7,10,18H,8-9H2,1H3,(H,19,20). The van der Waals surface area contributed by atoms with E-state index in [2.05, 4.69) is 5.32 Å². The Morgan fingerprint density at radius 1 is 1.25 bits per heavy atom. The zero-order chi connectivity index (χ0) is 14.5. The first-order chi connectivity index (χ1) is 9.58. The summed E-state index contributed by atoms with van der Waals surface area (Å²) in [5.41, 5.74) is 2.80. The second kappa shape index (κ2) is 6.19. The molecular formula is C16H16FNO2. The van der Waals surface area contributed by atoms with Crippen LogP contribution in [0.25, 0.3) is 0 Å². The summed E-state index contributed by atoms with van der Waals surface area (Å²) in [6.45, 7) is 2.63. The van der Waals surface area contributed by atoms with Gasteiger partial charge in [-0.25, -0.2) is 9.18 Å². The summed E-state index contributed by atoms with van der Waals surface area (Å²) in [6.07, 6.45) is 0.781. The maximum atomic E-state index is 13.1. The molecule has 2 aromatic rings. The maximum absolute atomic E-state index is 13.1. The van der Waals surface area contributed by atoms with E-state index in [1.54, 1.807) is 0 Å². The van der Waals surface area contributed by atoms with E-state index in [9.17, 15) is 9.18 Å². The number of hydrogen-bond acceptors (Lipinski definition) is 2. The minimum Gasteiger partial charge on any atom is -0.478 e. The van der Waals surface area contributed by atoms with Gasteiger partial charge in [-0.15, -0.1) is 0 Å². The Bertz CT molecular complexity index is 626. The average molecular weight is 273 g/mol. The van der Waals surface area contributed by atoms with Gasteiger partial charge in [0.1, 0.15) is 5.82 Å². The van der Waals surface area contributed by atoms with Crippen LogP contribution in [0.3, 0.4) is 0 Å². The molecule has 0 atom stereocenters. The first-order valence-electron chi connectivity index (χ1n) is 6.39. The van der Waals surface area contributed by atoms with E-state index in [4.69, 9.17) is 5.11 Å². The van der Waals surface area contributed by atoms with Crippen LogP contribution in [-0.2, 0) is 6.42 Å². The molecule has 4 heteroatoms. The molecular weight excluding hydrogens is 257 g/mol. The van der Waals surface area contributed by atoms with E-state index >= 15 is 0 Å². The summed E-state index contributed by atoms with van der Waals surface area (Å²) in [7, 11) is 0. The molecule has 0 aliphatic rings. The smallest absolute Gasteiger partial charge is 0.337 e. The molecule has 0 heterocycles. The van der Waals surface area contributed by atoms with Crippen LogP contribution in [0.5, 0.6) is 0 Å². The summed E-state index contributed by atoms with van der Waals surface area (Å²) in [6, 6.07) is 11.8. The highest BCUT2D eigenvalue weighted by Gasteiger charge is 2.10. The number of aryl methyl sites for hydroxylation is 1. The van der Waals surface area contributed by atoms with Crippen molar-refractivity contribution in [1.29, 1.82) is 0 Å². The predicted octanol–water partition coefficient (Wildman–Crippen LogP) is 3.49. The molecule has 2 rings (SSSR count). The number of halogens is 1. The molecule has 3 nitrogen and oxygen atoms in total. The van der Waals surface area contributed by atoms with Crippen molar-refractivity contribution in [1.82, 2.24) is 0 Å². The minimum absolute atomic E-state index is 0.0465. The van der Waals surface area contributed by atoms with Gasteiger partial charge in [0.2, 0.25) is 0 Å². The second-order valence-corrected chi connectivity index (χ2v) is 4.60. The summed E-state index contributed by atoms with van der Waals surface area (Å²) in [5.74, 6) is -1.69. The molecule has 0 amide bonds. The van der Waals surface area contributed by atoms with Gasteiger partial charge in [-0.3, -0.25) is 0 Å². The van der Waals surface area contributed by atoms with Gasteiger partial charge < -0.3 is 10.4 Å². The summed E-state index contributed by atoms with van der Waals surface area (Å²) in [4.78, 5) is 11.1. The maximum Gasteiger partial charge on any atom is 0.337 e. The van der Waals surface area contributed by atoms with Crippen molar-refractivity contribution in [2.75, 3.05) is 11.9 Å². The molecule has 2 aromatic carbocycles. The van der Waals surface area contributed by atoms with E-state index in [0.29, 0.717) is 12.2 Å². The third-order valence-corrected chi connectivity index (χ3v) is 3.18. The lowest BCUT2D eigenvalue weighted by atomic mass is 10.1. The van der Waals surface area contributed by atoms with Crippen LogP contribution < -0.4 is 5.32 Å². The number of nitrogens with one attached hydrogen (secondary N) is 1. The largest absolute Gasteiger partial charge is 0.478 e. The van der Waals surface area contributed by atoms with Gasteiger partial charge >= 0.3 is 5.97 Å². The number of carbonyl (C=O) groups is 1. The van der Waals surface area contributed by atoms with Crippen molar-refractivity contribution in [3.05, 3.63) is 65.0 Å². The van der Waals surface area contributed by atoms with Crippen molar-refractivity contribution < 1.29 is 14.3 Å². The molecule has 0 aliphatic heterocycles. The topological polar surface area (TPSA) is 49.3 Å². The van der Waals surface area contributed by atoms with Gasteiger partial charge in [-0.2, -0.15) is 0 Å². The third kappa shape index (κ3) is 3.35. The van der Waals surface area contributed by atoms with Crippen molar-refractivity contribution in [3.8, 4) is 0 Å². The van der Waals surface area contributed by atoms with E-state index in [-0.39, 0.29) is 5.56 Å². The van der Waals surface area contributed by atoms with E-state index in [0.717, 1.165) is 12.5 Å². The summed E-state index contributed by atoms with van der Waals surface area (Å²) < 4.78 is 13.1. The van der Waals surface area contributed by atoms with Gasteiger partial charge in [0.25, 0.3) is 0 Å². The molecule has 0 aromatic heterocycles. The molecule has 0 saturated carbocycles. The Balaban J connectivity index is 2.05. The van der Waals surface area contributed by atoms with Gasteiger partial charge in [0.15, 0.2) is 0 Å². The summed E-state index contributed by atoms with van der Waals surface area (Å²) in [5, 5.41) is 12.1. The molecule has 0 saturated heterocycles. The monoisotopic (exact) mass is 273 g/mol. The van der Waals surface area contributed by atoms with Crippen molar-refractivity contribution in [3.63, 3.8) is 0 Å². The number of carboxylic acid groups (broad SMARTS) is 1. The lowest BCUT2D eigenvalue weighted by molar-refractivity contribution is 0.0697. The van der Waals surface area contributed by atoms with Gasteiger partial charge in [0.05, 0.1) is 5.56 Å². The fourth-order valence-electron chi connectivity index (χ4n) is 2.07. The Labute approximate surface area is 117 Å². The first kappa shape index (κ1) is 14.1. The normalized spacial score (nSPS) is 10.3. The zero-order valence-corrected chi connectivity index (χ0v) is 11.2. The Kier molecular flexibility index (Phi) is 4.35. The number of anilines is 1. The molecule has 0 spiro atoms. The van der Waals surface area contributed by atoms with Gasteiger partial charge in [0, 0.05) is 12.2 Å². The highest BCUT2D eigenvalue weighted by Crippen LogP contribution is 2.17.